The third kappa shape index (κ3) is 2.02. The van der Waals surface area contributed by atoms with Crippen LogP contribution in [0.5, 0.6) is 5.75 Å². The summed E-state index contributed by atoms with van der Waals surface area (Å²) in [5.74, 6) is 0.889. The summed E-state index contributed by atoms with van der Waals surface area (Å²) < 4.78 is 10.9. The Labute approximate surface area is 106 Å². The number of ketones is 1. The van der Waals surface area contributed by atoms with Crippen molar-refractivity contribution in [3.05, 3.63) is 28.8 Å². The highest BCUT2D eigenvalue weighted by Gasteiger charge is 2.26. The van der Waals surface area contributed by atoms with Crippen molar-refractivity contribution in [2.45, 2.75) is 13.5 Å². The van der Waals surface area contributed by atoms with E-state index in [-0.39, 0.29) is 12.4 Å². The van der Waals surface area contributed by atoms with E-state index in [0.29, 0.717) is 0 Å². The Balaban J connectivity index is 1.89. The number of Topliss-reactive ketones (excluding diaryl/α,β-unsaturated/α-hetero) is 1. The zero-order valence-corrected chi connectivity index (χ0v) is 10.6. The highest BCUT2D eigenvalue weighted by Crippen LogP contribution is 2.32. The Morgan fingerprint density at radius 3 is 2.83 bits per heavy atom. The molecule has 0 radical (unpaired) electrons. The molecule has 0 atom stereocenters. The average Bonchev–Trinajstić information content (AvgIpc) is 2.76. The molecule has 1 aromatic carbocycles. The second-order valence-corrected chi connectivity index (χ2v) is 4.84. The number of benzene rings is 1. The third-order valence-electron chi connectivity index (χ3n) is 3.63. The summed E-state index contributed by atoms with van der Waals surface area (Å²) in [5.41, 5.74) is 3.08. The standard InChI is InChI=1S/C14H17NO3/c1-10-2-3-11-13(16)9-18-14(11)12(10)8-15-4-6-17-7-5-15/h2-3H,4-9H2,1H3. The van der Waals surface area contributed by atoms with E-state index < -0.39 is 0 Å². The second kappa shape index (κ2) is 4.71. The molecular weight excluding hydrogens is 230 g/mol. The van der Waals surface area contributed by atoms with Crippen LogP contribution in [0.25, 0.3) is 0 Å². The molecular formula is C14H17NO3. The normalized spacial score (nSPS) is 19.7. The molecule has 1 aromatic rings. The number of carbonyl (C=O) groups is 1. The van der Waals surface area contributed by atoms with Gasteiger partial charge in [-0.2, -0.15) is 0 Å². The van der Waals surface area contributed by atoms with Crippen molar-refractivity contribution < 1.29 is 14.3 Å². The number of rotatable bonds is 2. The minimum Gasteiger partial charge on any atom is -0.484 e. The summed E-state index contributed by atoms with van der Waals surface area (Å²) in [4.78, 5) is 14.0. The molecule has 2 aliphatic rings. The van der Waals surface area contributed by atoms with Crippen molar-refractivity contribution in [3.63, 3.8) is 0 Å². The summed E-state index contributed by atoms with van der Waals surface area (Å²) in [6.45, 7) is 6.55. The van der Waals surface area contributed by atoms with E-state index in [0.717, 1.165) is 49.7 Å². The third-order valence-corrected chi connectivity index (χ3v) is 3.63. The lowest BCUT2D eigenvalue weighted by molar-refractivity contribution is 0.0338. The quantitative estimate of drug-likeness (QED) is 0.792. The summed E-state index contributed by atoms with van der Waals surface area (Å²) in [5, 5.41) is 0. The molecule has 96 valence electrons. The van der Waals surface area contributed by atoms with Gasteiger partial charge < -0.3 is 9.47 Å². The number of nitrogens with zero attached hydrogens (tertiary/aromatic N) is 1. The van der Waals surface area contributed by atoms with Crippen molar-refractivity contribution >= 4 is 5.78 Å². The second-order valence-electron chi connectivity index (χ2n) is 4.84. The molecule has 2 heterocycles. The van der Waals surface area contributed by atoms with Gasteiger partial charge in [-0.3, -0.25) is 9.69 Å². The Morgan fingerprint density at radius 1 is 1.28 bits per heavy atom. The van der Waals surface area contributed by atoms with Crippen molar-refractivity contribution in [1.82, 2.24) is 4.90 Å². The van der Waals surface area contributed by atoms with Crippen molar-refractivity contribution in [3.8, 4) is 5.75 Å². The van der Waals surface area contributed by atoms with Gasteiger partial charge in [0.05, 0.1) is 18.8 Å². The summed E-state index contributed by atoms with van der Waals surface area (Å²) in [7, 11) is 0. The Kier molecular flexibility index (Phi) is 3.06. The van der Waals surface area contributed by atoms with Gasteiger partial charge in [0.1, 0.15) is 5.75 Å². The predicted molar refractivity (Wildman–Crippen MR) is 67.1 cm³/mol. The molecule has 0 unspecified atom stereocenters. The lowest BCUT2D eigenvalue weighted by Gasteiger charge is -2.27. The Hall–Kier alpha value is -1.39. The fourth-order valence-electron chi connectivity index (χ4n) is 2.51. The van der Waals surface area contributed by atoms with Gasteiger partial charge in [-0.15, -0.1) is 0 Å². The van der Waals surface area contributed by atoms with Crippen molar-refractivity contribution in [2.24, 2.45) is 0 Å². The fourth-order valence-corrected chi connectivity index (χ4v) is 2.51. The van der Waals surface area contributed by atoms with Crippen LogP contribution in [0.2, 0.25) is 0 Å². The SMILES string of the molecule is Cc1ccc2c(c1CN1CCOCC1)OCC2=O. The molecule has 3 rings (SSSR count). The first-order valence-corrected chi connectivity index (χ1v) is 6.34. The summed E-state index contributed by atoms with van der Waals surface area (Å²) >= 11 is 0. The molecule has 0 N–H and O–H groups in total. The number of fused-ring (bicyclic) bond motifs is 1. The van der Waals surface area contributed by atoms with Gasteiger partial charge in [0.15, 0.2) is 6.61 Å². The first kappa shape index (κ1) is 11.7. The lowest BCUT2D eigenvalue weighted by Crippen LogP contribution is -2.35. The number of morpholine rings is 1. The molecule has 0 spiro atoms. The Morgan fingerprint density at radius 2 is 2.06 bits per heavy atom. The van der Waals surface area contributed by atoms with Gasteiger partial charge in [0, 0.05) is 25.2 Å². The van der Waals surface area contributed by atoms with E-state index in [1.807, 2.05) is 12.1 Å². The number of carbonyl (C=O) groups excluding carboxylic acids is 1. The highest BCUT2D eigenvalue weighted by atomic mass is 16.5. The van der Waals surface area contributed by atoms with Crippen LogP contribution in [0.1, 0.15) is 21.5 Å². The van der Waals surface area contributed by atoms with Crippen LogP contribution < -0.4 is 4.74 Å². The molecule has 4 heteroatoms. The van der Waals surface area contributed by atoms with E-state index in [4.69, 9.17) is 9.47 Å². The van der Waals surface area contributed by atoms with Gasteiger partial charge in [-0.1, -0.05) is 6.07 Å². The van der Waals surface area contributed by atoms with E-state index in [1.54, 1.807) is 0 Å². The molecule has 0 amide bonds. The van der Waals surface area contributed by atoms with Crippen LogP contribution in [0.3, 0.4) is 0 Å². The molecule has 0 aromatic heterocycles. The fraction of sp³-hybridized carbons (Fsp3) is 0.500. The molecule has 18 heavy (non-hydrogen) atoms. The molecule has 2 aliphatic heterocycles. The summed E-state index contributed by atoms with van der Waals surface area (Å²) in [6.07, 6.45) is 0. The van der Waals surface area contributed by atoms with Crippen LogP contribution in [0, 0.1) is 6.92 Å². The first-order chi connectivity index (χ1) is 8.75. The van der Waals surface area contributed by atoms with Gasteiger partial charge >= 0.3 is 0 Å². The van der Waals surface area contributed by atoms with Crippen molar-refractivity contribution in [1.29, 1.82) is 0 Å². The van der Waals surface area contributed by atoms with E-state index in [9.17, 15) is 4.79 Å². The largest absolute Gasteiger partial charge is 0.484 e. The predicted octanol–water partition coefficient (Wildman–Crippen LogP) is 1.40. The minimum atomic E-state index is 0.0910. The topological polar surface area (TPSA) is 38.8 Å². The maximum absolute atomic E-state index is 11.7. The monoisotopic (exact) mass is 247 g/mol. The van der Waals surface area contributed by atoms with Crippen LogP contribution in [0.15, 0.2) is 12.1 Å². The van der Waals surface area contributed by atoms with Gasteiger partial charge in [-0.25, -0.2) is 0 Å². The number of ether oxygens (including phenoxy) is 2. The molecule has 4 nitrogen and oxygen atoms in total. The molecule has 0 aliphatic carbocycles. The van der Waals surface area contributed by atoms with E-state index in [2.05, 4.69) is 11.8 Å². The van der Waals surface area contributed by atoms with Crippen LogP contribution >= 0.6 is 0 Å². The lowest BCUT2D eigenvalue weighted by atomic mass is 10.0. The van der Waals surface area contributed by atoms with Crippen LogP contribution in [-0.4, -0.2) is 43.6 Å². The number of hydrogen-bond donors (Lipinski definition) is 0. The Bertz CT molecular complexity index is 478. The van der Waals surface area contributed by atoms with E-state index in [1.165, 1.54) is 5.56 Å². The highest BCUT2D eigenvalue weighted by molar-refractivity contribution is 6.02. The molecule has 0 saturated carbocycles. The van der Waals surface area contributed by atoms with Gasteiger partial charge in [0.2, 0.25) is 5.78 Å². The zero-order valence-electron chi connectivity index (χ0n) is 10.6. The number of aryl methyl sites for hydroxylation is 1. The van der Waals surface area contributed by atoms with Crippen molar-refractivity contribution in [2.75, 3.05) is 32.9 Å². The minimum absolute atomic E-state index is 0.0910. The maximum atomic E-state index is 11.7. The maximum Gasteiger partial charge on any atom is 0.203 e. The van der Waals surface area contributed by atoms with Gasteiger partial charge in [0.25, 0.3) is 0 Å². The smallest absolute Gasteiger partial charge is 0.203 e. The molecule has 1 saturated heterocycles. The zero-order chi connectivity index (χ0) is 12.5. The average molecular weight is 247 g/mol. The van der Waals surface area contributed by atoms with Crippen LogP contribution in [-0.2, 0) is 11.3 Å². The first-order valence-electron chi connectivity index (χ1n) is 6.34. The molecule has 0 bridgehead atoms. The van der Waals surface area contributed by atoms with Gasteiger partial charge in [-0.05, 0) is 18.6 Å². The number of hydrogen-bond acceptors (Lipinski definition) is 4. The van der Waals surface area contributed by atoms with E-state index >= 15 is 0 Å². The molecule has 1 fully saturated rings. The summed E-state index contributed by atoms with van der Waals surface area (Å²) in [6, 6.07) is 3.89. The van der Waals surface area contributed by atoms with Crippen LogP contribution in [0.4, 0.5) is 0 Å².